The highest BCUT2D eigenvalue weighted by molar-refractivity contribution is 5.82. The van der Waals surface area contributed by atoms with E-state index in [1.807, 2.05) is 19.9 Å². The maximum absolute atomic E-state index is 11.7. The predicted octanol–water partition coefficient (Wildman–Crippen LogP) is 2.22. The molecule has 0 aliphatic carbocycles. The lowest BCUT2D eigenvalue weighted by Crippen LogP contribution is -2.65. The second-order valence-electron chi connectivity index (χ2n) is 5.47. The summed E-state index contributed by atoms with van der Waals surface area (Å²) >= 11 is 0. The number of carbonyl (C=O) groups is 2. The number of nitrogens with two attached hydrogens (primary N) is 1. The minimum atomic E-state index is -0.717. The van der Waals surface area contributed by atoms with Crippen LogP contribution in [0, 0.1) is 11.8 Å². The van der Waals surface area contributed by atoms with Gasteiger partial charge >= 0.3 is 5.97 Å². The quantitative estimate of drug-likeness (QED) is 0.301. The van der Waals surface area contributed by atoms with Crippen molar-refractivity contribution in [2.24, 2.45) is 17.6 Å². The minimum absolute atomic E-state index is 0.231. The number of esters is 1. The maximum atomic E-state index is 11.7. The monoisotopic (exact) mass is 267 g/mol. The van der Waals surface area contributed by atoms with E-state index in [1.165, 1.54) is 0 Å². The highest BCUT2D eigenvalue weighted by Crippen LogP contribution is 2.43. The fourth-order valence-corrected chi connectivity index (χ4v) is 2.90. The molecule has 4 heteroatoms. The van der Waals surface area contributed by atoms with Crippen molar-refractivity contribution in [3.63, 3.8) is 0 Å². The maximum Gasteiger partial charge on any atom is 0.315 e. The molecule has 0 spiro atoms. The number of carbonyl (C=O) groups excluding carboxylic acids is 2. The fourth-order valence-electron chi connectivity index (χ4n) is 2.90. The summed E-state index contributed by atoms with van der Waals surface area (Å²) in [6.45, 7) is 7.42. The Morgan fingerprint density at radius 1 is 1.53 bits per heavy atom. The molecule has 0 radical (unpaired) electrons. The van der Waals surface area contributed by atoms with Gasteiger partial charge in [0.25, 0.3) is 0 Å². The zero-order valence-corrected chi connectivity index (χ0v) is 11.9. The normalized spacial score (nSPS) is 29.0. The lowest BCUT2D eigenvalue weighted by molar-refractivity contribution is -0.222. The van der Waals surface area contributed by atoms with Gasteiger partial charge in [-0.3, -0.25) is 4.79 Å². The first kappa shape index (κ1) is 15.9. The van der Waals surface area contributed by atoms with Crippen molar-refractivity contribution in [2.75, 3.05) is 0 Å². The van der Waals surface area contributed by atoms with Gasteiger partial charge in [0.15, 0.2) is 0 Å². The molecule has 1 aliphatic rings. The van der Waals surface area contributed by atoms with E-state index in [0.717, 1.165) is 32.0 Å². The first-order chi connectivity index (χ1) is 9.01. The van der Waals surface area contributed by atoms with Crippen molar-refractivity contribution in [3.05, 3.63) is 12.7 Å². The predicted molar refractivity (Wildman–Crippen MR) is 74.5 cm³/mol. The lowest BCUT2D eigenvalue weighted by Gasteiger charge is -2.50. The summed E-state index contributed by atoms with van der Waals surface area (Å²) in [6, 6.07) is -0.231. The van der Waals surface area contributed by atoms with Gasteiger partial charge in [-0.15, -0.1) is 6.58 Å². The topological polar surface area (TPSA) is 69.4 Å². The fraction of sp³-hybridized carbons (Fsp3) is 0.733. The molecule has 108 valence electrons. The average Bonchev–Trinajstić information content (AvgIpc) is 2.35. The molecule has 0 aromatic carbocycles. The Labute approximate surface area is 115 Å². The number of cyclic esters (lactones) is 1. The third-order valence-electron chi connectivity index (χ3n) is 4.16. The van der Waals surface area contributed by atoms with Crippen LogP contribution < -0.4 is 5.73 Å². The summed E-state index contributed by atoms with van der Waals surface area (Å²) in [5.74, 6) is -0.889. The standard InChI is InChI=1S/C15H25NO3/c1-4-6-7-8-9-12(16)13-14(18)19-15(13,3)11(5-2)10-17/h4,10-13H,1,5-9,16H2,2-3H3/t11?,12-,13?,15-/m0/s1. The smallest absolute Gasteiger partial charge is 0.315 e. The Kier molecular flexibility index (Phi) is 5.73. The minimum Gasteiger partial charge on any atom is -0.457 e. The van der Waals surface area contributed by atoms with E-state index in [-0.39, 0.29) is 23.8 Å². The molecule has 1 rings (SSSR count). The van der Waals surface area contributed by atoms with Gasteiger partial charge < -0.3 is 15.3 Å². The van der Waals surface area contributed by atoms with Crippen molar-refractivity contribution in [1.82, 2.24) is 0 Å². The van der Waals surface area contributed by atoms with Gasteiger partial charge in [0, 0.05) is 6.04 Å². The number of hydrogen-bond acceptors (Lipinski definition) is 4. The molecule has 2 N–H and O–H groups in total. The van der Waals surface area contributed by atoms with Crippen LogP contribution in [0.3, 0.4) is 0 Å². The van der Waals surface area contributed by atoms with Gasteiger partial charge in [-0.25, -0.2) is 0 Å². The third kappa shape index (κ3) is 3.24. The van der Waals surface area contributed by atoms with Gasteiger partial charge in [0.1, 0.15) is 17.8 Å². The summed E-state index contributed by atoms with van der Waals surface area (Å²) < 4.78 is 5.27. The summed E-state index contributed by atoms with van der Waals surface area (Å²) in [7, 11) is 0. The number of hydrogen-bond donors (Lipinski definition) is 1. The Morgan fingerprint density at radius 2 is 2.21 bits per heavy atom. The van der Waals surface area contributed by atoms with E-state index in [1.54, 1.807) is 0 Å². The van der Waals surface area contributed by atoms with Crippen LogP contribution >= 0.6 is 0 Å². The Bertz CT molecular complexity index is 342. The van der Waals surface area contributed by atoms with Gasteiger partial charge in [-0.1, -0.05) is 19.4 Å². The Balaban J connectivity index is 2.60. The summed E-state index contributed by atoms with van der Waals surface area (Å²) in [4.78, 5) is 22.8. The van der Waals surface area contributed by atoms with Crippen LogP contribution in [-0.4, -0.2) is 23.9 Å². The SMILES string of the molecule is C=CCCCC[C@H](N)C1C(=O)O[C@@]1(C)C(C=O)CC. The van der Waals surface area contributed by atoms with Crippen LogP contribution in [0.5, 0.6) is 0 Å². The van der Waals surface area contributed by atoms with E-state index in [4.69, 9.17) is 10.5 Å². The van der Waals surface area contributed by atoms with Crippen LogP contribution in [0.1, 0.15) is 46.0 Å². The molecule has 19 heavy (non-hydrogen) atoms. The van der Waals surface area contributed by atoms with E-state index in [0.29, 0.717) is 6.42 Å². The van der Waals surface area contributed by atoms with Crippen molar-refractivity contribution < 1.29 is 14.3 Å². The van der Waals surface area contributed by atoms with Gasteiger partial charge in [0.2, 0.25) is 0 Å². The number of ether oxygens (including phenoxy) is 1. The number of unbranched alkanes of at least 4 members (excludes halogenated alkanes) is 2. The Hall–Kier alpha value is -1.16. The molecule has 1 heterocycles. The second-order valence-corrected chi connectivity index (χ2v) is 5.47. The molecule has 1 fully saturated rings. The molecule has 0 amide bonds. The van der Waals surface area contributed by atoms with Crippen LogP contribution in [-0.2, 0) is 14.3 Å². The van der Waals surface area contributed by atoms with Crippen LogP contribution in [0.15, 0.2) is 12.7 Å². The molecule has 1 aliphatic heterocycles. The molecule has 0 bridgehead atoms. The molecule has 0 aromatic rings. The second kappa shape index (κ2) is 6.85. The van der Waals surface area contributed by atoms with Crippen molar-refractivity contribution in [1.29, 1.82) is 0 Å². The highest BCUT2D eigenvalue weighted by Gasteiger charge is 2.59. The number of aldehydes is 1. The van der Waals surface area contributed by atoms with Gasteiger partial charge in [0.05, 0.1) is 5.92 Å². The zero-order valence-electron chi connectivity index (χ0n) is 11.9. The van der Waals surface area contributed by atoms with E-state index in [9.17, 15) is 9.59 Å². The highest BCUT2D eigenvalue weighted by atomic mass is 16.6. The molecule has 4 atom stereocenters. The van der Waals surface area contributed by atoms with Crippen molar-refractivity contribution in [3.8, 4) is 0 Å². The average molecular weight is 267 g/mol. The summed E-state index contributed by atoms with van der Waals surface area (Å²) in [5, 5.41) is 0. The summed E-state index contributed by atoms with van der Waals surface area (Å²) in [5.41, 5.74) is 5.42. The first-order valence-corrected chi connectivity index (χ1v) is 7.05. The van der Waals surface area contributed by atoms with E-state index in [2.05, 4.69) is 6.58 Å². The van der Waals surface area contributed by atoms with Gasteiger partial charge in [-0.05, 0) is 32.6 Å². The molecule has 0 saturated carbocycles. The van der Waals surface area contributed by atoms with E-state index < -0.39 is 5.60 Å². The van der Waals surface area contributed by atoms with Crippen LogP contribution in [0.2, 0.25) is 0 Å². The van der Waals surface area contributed by atoms with E-state index >= 15 is 0 Å². The molecule has 1 saturated heterocycles. The first-order valence-electron chi connectivity index (χ1n) is 7.05. The lowest BCUT2D eigenvalue weighted by atomic mass is 9.69. The largest absolute Gasteiger partial charge is 0.457 e. The van der Waals surface area contributed by atoms with Crippen molar-refractivity contribution in [2.45, 2.75) is 57.6 Å². The number of allylic oxidation sites excluding steroid dienone is 1. The molecule has 2 unspecified atom stereocenters. The van der Waals surface area contributed by atoms with Gasteiger partial charge in [-0.2, -0.15) is 0 Å². The molecular formula is C15H25NO3. The van der Waals surface area contributed by atoms with Crippen LogP contribution in [0.4, 0.5) is 0 Å². The third-order valence-corrected chi connectivity index (χ3v) is 4.16. The van der Waals surface area contributed by atoms with Crippen LogP contribution in [0.25, 0.3) is 0 Å². The molecule has 0 aromatic heterocycles. The zero-order chi connectivity index (χ0) is 14.5. The number of rotatable bonds is 9. The molecule has 4 nitrogen and oxygen atoms in total. The van der Waals surface area contributed by atoms with Crippen molar-refractivity contribution >= 4 is 12.3 Å². The summed E-state index contributed by atoms with van der Waals surface area (Å²) in [6.07, 6.45) is 7.15. The molecular weight excluding hydrogens is 242 g/mol. The Morgan fingerprint density at radius 3 is 2.68 bits per heavy atom.